The zero-order valence-corrected chi connectivity index (χ0v) is 19.2. The van der Waals surface area contributed by atoms with Crippen LogP contribution in [0.15, 0.2) is 40.9 Å². The molecule has 0 bridgehead atoms. The predicted octanol–water partition coefficient (Wildman–Crippen LogP) is 3.48. The number of halogens is 1. The summed E-state index contributed by atoms with van der Waals surface area (Å²) in [5, 5.41) is 6.56. The highest BCUT2D eigenvalue weighted by molar-refractivity contribution is 6.05. The standard InChI is InChI=1S/C25H30FN7O/c26-21-4-1-3-18(15-21)5-8-22-29-24(27-9-2-10-33-11-13-34-14-12-33)32-25(30-22)31-23-16-20(17-28-23)19-6-7-19/h1,3-5,8,15-16,19H,2,6-7,9-14,17H2,(H2,27,28,29,30,31,32)/b8-5+. The number of ether oxygens (including phenoxy) is 1. The molecule has 1 saturated heterocycles. The molecular formula is C25H30FN7O. The molecule has 1 saturated carbocycles. The third-order valence-electron chi connectivity index (χ3n) is 6.06. The van der Waals surface area contributed by atoms with Crippen molar-refractivity contribution in [3.05, 3.63) is 53.1 Å². The molecule has 9 heteroatoms. The average molecular weight is 464 g/mol. The summed E-state index contributed by atoms with van der Waals surface area (Å²) < 4.78 is 18.9. The normalized spacial score (nSPS) is 18.7. The lowest BCUT2D eigenvalue weighted by molar-refractivity contribution is 0.0378. The van der Waals surface area contributed by atoms with Crippen LogP contribution in [0.3, 0.4) is 0 Å². The van der Waals surface area contributed by atoms with Crippen LogP contribution in [-0.4, -0.2) is 71.6 Å². The van der Waals surface area contributed by atoms with Crippen molar-refractivity contribution in [2.75, 3.05) is 56.6 Å². The van der Waals surface area contributed by atoms with Crippen molar-refractivity contribution in [2.45, 2.75) is 19.3 Å². The van der Waals surface area contributed by atoms with E-state index < -0.39 is 0 Å². The maximum Gasteiger partial charge on any atom is 0.233 e. The van der Waals surface area contributed by atoms with Gasteiger partial charge in [-0.05, 0) is 67.1 Å². The summed E-state index contributed by atoms with van der Waals surface area (Å²) in [6.07, 6.45) is 9.16. The SMILES string of the molecule is Fc1cccc(/C=C/c2nc(NCCCN3CCOCC3)nc(NC3=NCC(C4CC4)=C3)n2)c1. The van der Waals surface area contributed by atoms with Gasteiger partial charge in [-0.25, -0.2) is 4.39 Å². The van der Waals surface area contributed by atoms with Crippen LogP contribution in [0.2, 0.25) is 0 Å². The van der Waals surface area contributed by atoms with Crippen LogP contribution in [0, 0.1) is 11.7 Å². The fourth-order valence-corrected chi connectivity index (χ4v) is 4.05. The molecule has 0 amide bonds. The van der Waals surface area contributed by atoms with Gasteiger partial charge in [0.05, 0.1) is 19.8 Å². The van der Waals surface area contributed by atoms with Gasteiger partial charge in [-0.2, -0.15) is 15.0 Å². The van der Waals surface area contributed by atoms with E-state index in [-0.39, 0.29) is 5.82 Å². The molecule has 2 aliphatic heterocycles. The quantitative estimate of drug-likeness (QED) is 0.551. The number of benzene rings is 1. The van der Waals surface area contributed by atoms with E-state index in [2.05, 4.69) is 41.6 Å². The van der Waals surface area contributed by atoms with Crippen molar-refractivity contribution >= 4 is 29.9 Å². The van der Waals surface area contributed by atoms with Gasteiger partial charge in [0.2, 0.25) is 11.9 Å². The van der Waals surface area contributed by atoms with Crippen molar-refractivity contribution in [3.8, 4) is 0 Å². The Balaban J connectivity index is 1.26. The second kappa shape index (κ2) is 10.8. The first kappa shape index (κ1) is 22.6. The summed E-state index contributed by atoms with van der Waals surface area (Å²) >= 11 is 0. The smallest absolute Gasteiger partial charge is 0.233 e. The minimum absolute atomic E-state index is 0.278. The number of nitrogens with one attached hydrogen (secondary N) is 2. The fourth-order valence-electron chi connectivity index (χ4n) is 4.05. The van der Waals surface area contributed by atoms with Gasteiger partial charge in [-0.1, -0.05) is 18.2 Å². The van der Waals surface area contributed by atoms with Crippen molar-refractivity contribution in [1.82, 2.24) is 19.9 Å². The van der Waals surface area contributed by atoms with Gasteiger partial charge in [0.25, 0.3) is 0 Å². The molecule has 1 aromatic carbocycles. The van der Waals surface area contributed by atoms with Gasteiger partial charge in [0, 0.05) is 19.6 Å². The topological polar surface area (TPSA) is 87.6 Å². The highest BCUT2D eigenvalue weighted by Crippen LogP contribution is 2.37. The van der Waals surface area contributed by atoms with Crippen LogP contribution in [0.1, 0.15) is 30.7 Å². The number of morpholine rings is 1. The highest BCUT2D eigenvalue weighted by Gasteiger charge is 2.28. The summed E-state index contributed by atoms with van der Waals surface area (Å²) in [6.45, 7) is 6.07. The van der Waals surface area contributed by atoms with Crippen LogP contribution in [0.5, 0.6) is 0 Å². The molecule has 0 radical (unpaired) electrons. The Morgan fingerprint density at radius 3 is 2.76 bits per heavy atom. The van der Waals surface area contributed by atoms with Gasteiger partial charge in [-0.3, -0.25) is 9.89 Å². The lowest BCUT2D eigenvalue weighted by atomic mass is 10.2. The van der Waals surface area contributed by atoms with Crippen LogP contribution >= 0.6 is 0 Å². The molecule has 34 heavy (non-hydrogen) atoms. The summed E-state index contributed by atoms with van der Waals surface area (Å²) in [5.74, 6) is 2.63. The number of aliphatic imine (C=N–C) groups is 1. The zero-order valence-electron chi connectivity index (χ0n) is 19.2. The fraction of sp³-hybridized carbons (Fsp3) is 0.440. The van der Waals surface area contributed by atoms with Gasteiger partial charge in [0.15, 0.2) is 5.82 Å². The Bertz CT molecular complexity index is 1090. The number of nitrogens with zero attached hydrogens (tertiary/aromatic N) is 5. The molecule has 2 aromatic rings. The van der Waals surface area contributed by atoms with E-state index in [1.807, 2.05) is 6.07 Å². The number of anilines is 2. The van der Waals surface area contributed by atoms with Crippen LogP contribution in [0.25, 0.3) is 12.2 Å². The number of hydrogen-bond acceptors (Lipinski definition) is 8. The van der Waals surface area contributed by atoms with Gasteiger partial charge < -0.3 is 15.4 Å². The summed E-state index contributed by atoms with van der Waals surface area (Å²) in [6, 6.07) is 6.41. The Labute approximate surface area is 199 Å². The largest absolute Gasteiger partial charge is 0.379 e. The van der Waals surface area contributed by atoms with Crippen molar-refractivity contribution in [3.63, 3.8) is 0 Å². The Morgan fingerprint density at radius 1 is 1.09 bits per heavy atom. The molecule has 1 aromatic heterocycles. The molecule has 0 atom stereocenters. The Morgan fingerprint density at radius 2 is 1.94 bits per heavy atom. The third kappa shape index (κ3) is 6.45. The molecule has 2 N–H and O–H groups in total. The van der Waals surface area contributed by atoms with Crippen LogP contribution in [-0.2, 0) is 4.74 Å². The first-order chi connectivity index (χ1) is 16.7. The van der Waals surface area contributed by atoms with E-state index >= 15 is 0 Å². The zero-order chi connectivity index (χ0) is 23.2. The van der Waals surface area contributed by atoms with E-state index in [1.165, 1.54) is 30.5 Å². The first-order valence-corrected chi connectivity index (χ1v) is 12.0. The molecular weight excluding hydrogens is 433 g/mol. The maximum atomic E-state index is 13.5. The predicted molar refractivity (Wildman–Crippen MR) is 132 cm³/mol. The van der Waals surface area contributed by atoms with Gasteiger partial charge in [-0.15, -0.1) is 0 Å². The van der Waals surface area contributed by atoms with Gasteiger partial charge >= 0.3 is 0 Å². The van der Waals surface area contributed by atoms with E-state index in [0.717, 1.165) is 63.8 Å². The van der Waals surface area contributed by atoms with Crippen LogP contribution in [0.4, 0.5) is 16.3 Å². The number of rotatable bonds is 9. The van der Waals surface area contributed by atoms with E-state index in [1.54, 1.807) is 18.2 Å². The molecule has 8 nitrogen and oxygen atoms in total. The summed E-state index contributed by atoms with van der Waals surface area (Å²) in [4.78, 5) is 20.6. The van der Waals surface area contributed by atoms with Crippen LogP contribution < -0.4 is 10.6 Å². The lowest BCUT2D eigenvalue weighted by Crippen LogP contribution is -2.37. The molecule has 178 valence electrons. The highest BCUT2D eigenvalue weighted by atomic mass is 19.1. The first-order valence-electron chi connectivity index (χ1n) is 12.0. The summed E-state index contributed by atoms with van der Waals surface area (Å²) in [5.41, 5.74) is 2.12. The van der Waals surface area contributed by atoms with Crippen molar-refractivity contribution in [1.29, 1.82) is 0 Å². The Kier molecular flexibility index (Phi) is 7.21. The molecule has 0 unspecified atom stereocenters. The lowest BCUT2D eigenvalue weighted by Gasteiger charge is -2.26. The second-order valence-corrected chi connectivity index (χ2v) is 8.78. The molecule has 3 aliphatic rings. The number of aromatic nitrogens is 3. The molecule has 3 heterocycles. The second-order valence-electron chi connectivity index (χ2n) is 8.78. The number of amidine groups is 1. The maximum absolute atomic E-state index is 13.5. The molecule has 1 aliphatic carbocycles. The molecule has 5 rings (SSSR count). The Hall–Kier alpha value is -3.17. The minimum atomic E-state index is -0.278. The monoisotopic (exact) mass is 463 g/mol. The molecule has 0 spiro atoms. The average Bonchev–Trinajstić information content (AvgIpc) is 3.60. The minimum Gasteiger partial charge on any atom is -0.379 e. The number of hydrogen-bond donors (Lipinski definition) is 2. The van der Waals surface area contributed by atoms with E-state index in [0.29, 0.717) is 23.6 Å². The summed E-state index contributed by atoms with van der Waals surface area (Å²) in [7, 11) is 0. The van der Waals surface area contributed by atoms with E-state index in [9.17, 15) is 4.39 Å². The van der Waals surface area contributed by atoms with Crippen molar-refractivity contribution in [2.24, 2.45) is 10.9 Å². The third-order valence-corrected chi connectivity index (χ3v) is 6.06. The van der Waals surface area contributed by atoms with Gasteiger partial charge in [0.1, 0.15) is 11.7 Å². The molecule has 2 fully saturated rings. The van der Waals surface area contributed by atoms with E-state index in [4.69, 9.17) is 4.74 Å². The van der Waals surface area contributed by atoms with Crippen molar-refractivity contribution < 1.29 is 9.13 Å².